The van der Waals surface area contributed by atoms with Crippen LogP contribution in [0.25, 0.3) is 0 Å². The van der Waals surface area contributed by atoms with Gasteiger partial charge in [-0.05, 0) is 90.5 Å². The molecule has 2 aromatic rings. The lowest BCUT2D eigenvalue weighted by molar-refractivity contribution is 0.192. The Morgan fingerprint density at radius 3 is 1.36 bits per heavy atom. The van der Waals surface area contributed by atoms with Crippen LogP contribution in [0.5, 0.6) is 0 Å². The number of unbranched alkanes of at least 4 members (excludes halogenated alkanes) is 2. The van der Waals surface area contributed by atoms with E-state index in [2.05, 4.69) is 114 Å². The van der Waals surface area contributed by atoms with E-state index >= 15 is 0 Å². The molecule has 0 amide bonds. The van der Waals surface area contributed by atoms with Crippen LogP contribution < -0.4 is 0 Å². The van der Waals surface area contributed by atoms with Gasteiger partial charge in [0.25, 0.3) is 0 Å². The van der Waals surface area contributed by atoms with E-state index < -0.39 is 0 Å². The Morgan fingerprint density at radius 1 is 0.643 bits per heavy atom. The molecule has 0 aliphatic carbocycles. The predicted octanol–water partition coefficient (Wildman–Crippen LogP) is 9.97. The molecule has 2 unspecified atom stereocenters. The van der Waals surface area contributed by atoms with Crippen LogP contribution in [0.15, 0.2) is 48.5 Å². The van der Waals surface area contributed by atoms with Gasteiger partial charge in [-0.2, -0.15) is 0 Å². The van der Waals surface area contributed by atoms with E-state index in [1.165, 1.54) is 65.9 Å². The molecule has 0 spiro atoms. The van der Waals surface area contributed by atoms with Crippen molar-refractivity contribution in [1.29, 1.82) is 0 Å². The van der Waals surface area contributed by atoms with Crippen molar-refractivity contribution in [2.24, 2.45) is 11.8 Å². The molecule has 4 heteroatoms. The van der Waals surface area contributed by atoms with E-state index in [-0.39, 0.29) is 24.0 Å². The number of rotatable bonds is 18. The van der Waals surface area contributed by atoms with Gasteiger partial charge in [0.15, 0.2) is 0 Å². The van der Waals surface area contributed by atoms with Crippen LogP contribution in [0.2, 0.25) is 0 Å². The van der Waals surface area contributed by atoms with Crippen LogP contribution in [-0.2, 0) is 23.7 Å². The van der Waals surface area contributed by atoms with E-state index in [9.17, 15) is 10.2 Å². The fraction of sp³-hybridized carbons (Fsp3) is 0.684. The molecule has 236 valence electrons. The number of benzene rings is 2. The van der Waals surface area contributed by atoms with Gasteiger partial charge in [-0.25, -0.2) is 0 Å². The smallest absolute Gasteiger partial charge is 0.0611 e. The topological polar surface area (TPSA) is 40.5 Å². The Morgan fingerprint density at radius 2 is 1.02 bits per heavy atom. The molecular weight excluding hydrogens is 553 g/mol. The lowest BCUT2D eigenvalue weighted by atomic mass is 9.78. The second-order valence-corrected chi connectivity index (χ2v) is 17.6. The van der Waals surface area contributed by atoms with Gasteiger partial charge in [-0.15, -0.1) is 23.5 Å². The molecule has 2 N–H and O–H groups in total. The van der Waals surface area contributed by atoms with Crippen LogP contribution in [0.4, 0.5) is 0 Å². The SMILES string of the molecule is CC(C)Cc1ccc(C(C)(CO)CCCCC2(CCCCC(C)(CO)c3ccc(CC(C)C)cc3)SCCCS2)cc1. The maximum absolute atomic E-state index is 10.4. The maximum Gasteiger partial charge on any atom is 0.0611 e. The van der Waals surface area contributed by atoms with E-state index in [0.29, 0.717) is 15.9 Å². The van der Waals surface area contributed by atoms with Crippen LogP contribution >= 0.6 is 23.5 Å². The van der Waals surface area contributed by atoms with Gasteiger partial charge in [0, 0.05) is 10.8 Å². The highest BCUT2D eigenvalue weighted by molar-refractivity contribution is 8.18. The molecule has 1 aliphatic heterocycles. The highest BCUT2D eigenvalue weighted by Crippen LogP contribution is 2.49. The van der Waals surface area contributed by atoms with Gasteiger partial charge in [-0.1, -0.05) is 116 Å². The standard InChI is InChI=1S/C38H60O2S2/c1-30(2)26-32-12-16-34(17-13-32)36(5,28-39)20-7-9-22-38(41-24-11-25-42-38)23-10-8-21-37(6,29-40)35-18-14-33(15-19-35)27-31(3)4/h12-19,30-31,39-40H,7-11,20-29H2,1-6H3. The Labute approximate surface area is 267 Å². The summed E-state index contributed by atoms with van der Waals surface area (Å²) in [5.74, 6) is 3.88. The highest BCUT2D eigenvalue weighted by Gasteiger charge is 2.34. The summed E-state index contributed by atoms with van der Waals surface area (Å²) < 4.78 is 0.334. The molecular formula is C38H60O2S2. The second-order valence-electron chi connectivity index (χ2n) is 14.4. The molecule has 0 radical (unpaired) electrons. The van der Waals surface area contributed by atoms with E-state index in [1.54, 1.807) is 0 Å². The third-order valence-electron chi connectivity index (χ3n) is 9.38. The van der Waals surface area contributed by atoms with Gasteiger partial charge in [0.1, 0.15) is 0 Å². The zero-order valence-corrected chi connectivity index (χ0v) is 29.2. The van der Waals surface area contributed by atoms with Gasteiger partial charge in [-0.3, -0.25) is 0 Å². The first-order valence-corrected chi connectivity index (χ1v) is 18.7. The van der Waals surface area contributed by atoms with Crippen molar-refractivity contribution in [2.45, 2.75) is 127 Å². The molecule has 1 heterocycles. The largest absolute Gasteiger partial charge is 0.395 e. The minimum Gasteiger partial charge on any atom is -0.395 e. The first-order chi connectivity index (χ1) is 20.0. The predicted molar refractivity (Wildman–Crippen MR) is 188 cm³/mol. The van der Waals surface area contributed by atoms with Gasteiger partial charge in [0.05, 0.1) is 17.3 Å². The average Bonchev–Trinajstić information content (AvgIpc) is 2.98. The highest BCUT2D eigenvalue weighted by atomic mass is 32.2. The molecule has 1 aliphatic rings. The Bertz CT molecular complexity index is 949. The summed E-state index contributed by atoms with van der Waals surface area (Å²) in [5, 5.41) is 20.8. The van der Waals surface area contributed by atoms with Crippen molar-refractivity contribution >= 4 is 23.5 Å². The van der Waals surface area contributed by atoms with Gasteiger partial charge < -0.3 is 10.2 Å². The fourth-order valence-corrected chi connectivity index (χ4v) is 10.0. The number of hydrogen-bond donors (Lipinski definition) is 2. The molecule has 42 heavy (non-hydrogen) atoms. The van der Waals surface area contributed by atoms with Crippen LogP contribution in [0.3, 0.4) is 0 Å². The minimum atomic E-state index is -0.169. The Hall–Kier alpha value is -0.940. The Balaban J connectivity index is 1.51. The Kier molecular flexibility index (Phi) is 14.3. The van der Waals surface area contributed by atoms with Crippen LogP contribution in [0.1, 0.15) is 122 Å². The maximum atomic E-state index is 10.4. The summed E-state index contributed by atoms with van der Waals surface area (Å²) in [4.78, 5) is 0. The molecule has 2 nitrogen and oxygen atoms in total. The summed E-state index contributed by atoms with van der Waals surface area (Å²) >= 11 is 4.42. The normalized spacial score (nSPS) is 18.2. The number of hydrogen-bond acceptors (Lipinski definition) is 4. The van der Waals surface area contributed by atoms with Gasteiger partial charge in [0.2, 0.25) is 0 Å². The summed E-state index contributed by atoms with van der Waals surface area (Å²) in [5.41, 5.74) is 4.99. The summed E-state index contributed by atoms with van der Waals surface area (Å²) in [6.07, 6.45) is 12.9. The van der Waals surface area contributed by atoms with Gasteiger partial charge >= 0.3 is 0 Å². The lowest BCUT2D eigenvalue weighted by Gasteiger charge is -2.37. The fourth-order valence-electron chi connectivity index (χ4n) is 6.51. The summed E-state index contributed by atoms with van der Waals surface area (Å²) in [7, 11) is 0. The summed E-state index contributed by atoms with van der Waals surface area (Å²) in [6.45, 7) is 13.9. The molecule has 1 fully saturated rings. The van der Waals surface area contributed by atoms with Crippen molar-refractivity contribution in [1.82, 2.24) is 0 Å². The molecule has 3 rings (SSSR count). The first-order valence-electron chi connectivity index (χ1n) is 16.7. The molecule has 0 bridgehead atoms. The second kappa shape index (κ2) is 16.9. The van der Waals surface area contributed by atoms with E-state index in [1.807, 2.05) is 0 Å². The van der Waals surface area contributed by atoms with E-state index in [0.717, 1.165) is 38.5 Å². The molecule has 0 aromatic heterocycles. The zero-order valence-electron chi connectivity index (χ0n) is 27.6. The zero-order chi connectivity index (χ0) is 30.6. The third kappa shape index (κ3) is 10.6. The first kappa shape index (κ1) is 35.5. The third-order valence-corrected chi connectivity index (χ3v) is 12.9. The average molecular weight is 613 g/mol. The van der Waals surface area contributed by atoms with Crippen molar-refractivity contribution in [3.05, 3.63) is 70.8 Å². The van der Waals surface area contributed by atoms with Crippen molar-refractivity contribution in [3.63, 3.8) is 0 Å². The van der Waals surface area contributed by atoms with Crippen LogP contribution in [0, 0.1) is 11.8 Å². The monoisotopic (exact) mass is 612 g/mol. The van der Waals surface area contributed by atoms with Crippen molar-refractivity contribution < 1.29 is 10.2 Å². The number of thioether (sulfide) groups is 2. The quantitative estimate of drug-likeness (QED) is 0.164. The summed E-state index contributed by atoms with van der Waals surface area (Å²) in [6, 6.07) is 18.1. The van der Waals surface area contributed by atoms with Crippen molar-refractivity contribution in [2.75, 3.05) is 24.7 Å². The lowest BCUT2D eigenvalue weighted by Crippen LogP contribution is -2.29. The molecule has 2 atom stereocenters. The number of aliphatic hydroxyl groups excluding tert-OH is 2. The van der Waals surface area contributed by atoms with Crippen LogP contribution in [-0.4, -0.2) is 39.0 Å². The number of aliphatic hydroxyl groups is 2. The van der Waals surface area contributed by atoms with Crippen molar-refractivity contribution in [3.8, 4) is 0 Å². The molecule has 1 saturated heterocycles. The minimum absolute atomic E-state index is 0.169. The molecule has 2 aromatic carbocycles. The molecule has 0 saturated carbocycles. The van der Waals surface area contributed by atoms with E-state index in [4.69, 9.17) is 0 Å².